The van der Waals surface area contributed by atoms with E-state index >= 15 is 0 Å². The molecule has 4 N–H and O–H groups in total. The number of benzene rings is 1. The molecule has 1 aromatic carbocycles. The van der Waals surface area contributed by atoms with Crippen molar-refractivity contribution >= 4 is 5.91 Å². The first-order valence-electron chi connectivity index (χ1n) is 5.86. The molecule has 0 saturated heterocycles. The molecule has 0 aliphatic carbocycles. The van der Waals surface area contributed by atoms with Crippen LogP contribution in [0, 0.1) is 5.92 Å². The van der Waals surface area contributed by atoms with Crippen LogP contribution < -0.4 is 11.1 Å². The molecule has 0 saturated carbocycles. The summed E-state index contributed by atoms with van der Waals surface area (Å²) in [4.78, 5) is 11.8. The van der Waals surface area contributed by atoms with Crippen LogP contribution >= 0.6 is 0 Å². The number of carbonyl (C=O) groups excluding carboxylic acids is 1. The van der Waals surface area contributed by atoms with Gasteiger partial charge in [0.15, 0.2) is 0 Å². The SMILES string of the molecule is CC(C(=O)NCCCO)C(N)c1ccccc1. The largest absolute Gasteiger partial charge is 0.396 e. The molecular weight excluding hydrogens is 216 g/mol. The lowest BCUT2D eigenvalue weighted by atomic mass is 9.95. The van der Waals surface area contributed by atoms with Crippen LogP contribution in [-0.2, 0) is 4.79 Å². The van der Waals surface area contributed by atoms with Crippen LogP contribution in [0.1, 0.15) is 24.9 Å². The van der Waals surface area contributed by atoms with Crippen LogP contribution in [0.5, 0.6) is 0 Å². The summed E-state index contributed by atoms with van der Waals surface area (Å²) < 4.78 is 0. The third-order valence-electron chi connectivity index (χ3n) is 2.77. The quantitative estimate of drug-likeness (QED) is 0.640. The fourth-order valence-electron chi connectivity index (χ4n) is 1.58. The van der Waals surface area contributed by atoms with Crippen LogP contribution in [0.3, 0.4) is 0 Å². The Morgan fingerprint density at radius 3 is 2.65 bits per heavy atom. The first kappa shape index (κ1) is 13.7. The van der Waals surface area contributed by atoms with Gasteiger partial charge >= 0.3 is 0 Å². The zero-order chi connectivity index (χ0) is 12.7. The Morgan fingerprint density at radius 2 is 2.06 bits per heavy atom. The highest BCUT2D eigenvalue weighted by Gasteiger charge is 2.21. The molecule has 4 heteroatoms. The molecule has 2 unspecified atom stereocenters. The van der Waals surface area contributed by atoms with Crippen LogP contribution in [0.2, 0.25) is 0 Å². The zero-order valence-electron chi connectivity index (χ0n) is 10.1. The lowest BCUT2D eigenvalue weighted by molar-refractivity contribution is -0.125. The predicted octanol–water partition coefficient (Wildman–Crippen LogP) is 0.821. The molecule has 0 aliphatic rings. The second kappa shape index (κ2) is 7.04. The van der Waals surface area contributed by atoms with Gasteiger partial charge in [-0.2, -0.15) is 0 Å². The monoisotopic (exact) mass is 236 g/mol. The number of amides is 1. The van der Waals surface area contributed by atoms with E-state index in [4.69, 9.17) is 10.8 Å². The molecule has 0 spiro atoms. The molecule has 2 atom stereocenters. The average Bonchev–Trinajstić information content (AvgIpc) is 2.38. The Hall–Kier alpha value is -1.39. The topological polar surface area (TPSA) is 75.3 Å². The van der Waals surface area contributed by atoms with E-state index in [-0.39, 0.29) is 24.5 Å². The maximum Gasteiger partial charge on any atom is 0.224 e. The maximum atomic E-state index is 11.8. The number of nitrogens with two attached hydrogens (primary N) is 1. The van der Waals surface area contributed by atoms with Crippen molar-refractivity contribution in [2.45, 2.75) is 19.4 Å². The second-order valence-electron chi connectivity index (χ2n) is 4.09. The molecule has 1 rings (SSSR count). The van der Waals surface area contributed by atoms with Gasteiger partial charge in [-0.15, -0.1) is 0 Å². The Kier molecular flexibility index (Phi) is 5.66. The van der Waals surface area contributed by atoms with E-state index in [1.807, 2.05) is 37.3 Å². The van der Waals surface area contributed by atoms with Gasteiger partial charge in [-0.25, -0.2) is 0 Å². The summed E-state index contributed by atoms with van der Waals surface area (Å²) in [6.07, 6.45) is 0.568. The van der Waals surface area contributed by atoms with Crippen LogP contribution in [0.15, 0.2) is 30.3 Å². The fraction of sp³-hybridized carbons (Fsp3) is 0.462. The smallest absolute Gasteiger partial charge is 0.224 e. The summed E-state index contributed by atoms with van der Waals surface area (Å²) in [5.74, 6) is -0.356. The van der Waals surface area contributed by atoms with Crippen LogP contribution in [-0.4, -0.2) is 24.2 Å². The number of rotatable bonds is 6. The summed E-state index contributed by atoms with van der Waals surface area (Å²) in [6, 6.07) is 9.27. The standard InChI is InChI=1S/C13H20N2O2/c1-10(13(17)15-8-5-9-16)12(14)11-6-3-2-4-7-11/h2-4,6-7,10,12,16H,5,8-9,14H2,1H3,(H,15,17). The molecule has 1 amide bonds. The number of nitrogens with one attached hydrogen (secondary N) is 1. The van der Waals surface area contributed by atoms with Gasteiger partial charge in [0.25, 0.3) is 0 Å². The summed E-state index contributed by atoms with van der Waals surface area (Å²) in [5, 5.41) is 11.4. The molecular formula is C13H20N2O2. The third-order valence-corrected chi connectivity index (χ3v) is 2.77. The van der Waals surface area contributed by atoms with Gasteiger partial charge in [0.05, 0.1) is 5.92 Å². The molecule has 17 heavy (non-hydrogen) atoms. The summed E-state index contributed by atoms with van der Waals surface area (Å²) in [7, 11) is 0. The lowest BCUT2D eigenvalue weighted by Crippen LogP contribution is -2.36. The van der Waals surface area contributed by atoms with Crippen molar-refractivity contribution in [3.05, 3.63) is 35.9 Å². The van der Waals surface area contributed by atoms with E-state index in [0.29, 0.717) is 13.0 Å². The molecule has 0 bridgehead atoms. The van der Waals surface area contributed by atoms with Gasteiger partial charge in [-0.3, -0.25) is 4.79 Å². The molecule has 94 valence electrons. The number of hydrogen-bond acceptors (Lipinski definition) is 3. The van der Waals surface area contributed by atoms with E-state index < -0.39 is 0 Å². The second-order valence-corrected chi connectivity index (χ2v) is 4.09. The zero-order valence-corrected chi connectivity index (χ0v) is 10.1. The van der Waals surface area contributed by atoms with E-state index in [9.17, 15) is 4.79 Å². The van der Waals surface area contributed by atoms with Crippen molar-refractivity contribution in [2.24, 2.45) is 11.7 Å². The molecule has 4 nitrogen and oxygen atoms in total. The van der Waals surface area contributed by atoms with E-state index in [1.54, 1.807) is 0 Å². The Morgan fingerprint density at radius 1 is 1.41 bits per heavy atom. The van der Waals surface area contributed by atoms with Crippen molar-refractivity contribution in [2.75, 3.05) is 13.2 Å². The summed E-state index contributed by atoms with van der Waals surface area (Å²) in [5.41, 5.74) is 6.99. The molecule has 1 aromatic rings. The van der Waals surface area contributed by atoms with Gasteiger partial charge < -0.3 is 16.2 Å². The minimum Gasteiger partial charge on any atom is -0.396 e. The van der Waals surface area contributed by atoms with Gasteiger partial charge in [-0.05, 0) is 12.0 Å². The van der Waals surface area contributed by atoms with Gasteiger partial charge in [0.2, 0.25) is 5.91 Å². The number of aliphatic hydroxyl groups excluding tert-OH is 1. The van der Waals surface area contributed by atoms with Crippen molar-refractivity contribution in [1.82, 2.24) is 5.32 Å². The van der Waals surface area contributed by atoms with Crippen LogP contribution in [0.4, 0.5) is 0 Å². The Bertz CT molecular complexity index is 341. The fourth-order valence-corrected chi connectivity index (χ4v) is 1.58. The summed E-state index contributed by atoms with van der Waals surface area (Å²) >= 11 is 0. The van der Waals surface area contributed by atoms with Crippen LogP contribution in [0.25, 0.3) is 0 Å². The van der Waals surface area contributed by atoms with E-state index in [1.165, 1.54) is 0 Å². The molecule has 0 heterocycles. The lowest BCUT2D eigenvalue weighted by Gasteiger charge is -2.19. The number of hydrogen-bond donors (Lipinski definition) is 3. The van der Waals surface area contributed by atoms with Gasteiger partial charge in [0, 0.05) is 19.2 Å². The van der Waals surface area contributed by atoms with Gasteiger partial charge in [-0.1, -0.05) is 37.3 Å². The number of aliphatic hydroxyl groups is 1. The minimum atomic E-state index is -0.301. The highest BCUT2D eigenvalue weighted by molar-refractivity contribution is 5.79. The molecule has 0 radical (unpaired) electrons. The van der Waals surface area contributed by atoms with E-state index in [2.05, 4.69) is 5.32 Å². The van der Waals surface area contributed by atoms with Crippen molar-refractivity contribution < 1.29 is 9.90 Å². The number of carbonyl (C=O) groups is 1. The van der Waals surface area contributed by atoms with Crippen molar-refractivity contribution in [3.8, 4) is 0 Å². The maximum absolute atomic E-state index is 11.8. The third kappa shape index (κ3) is 4.17. The van der Waals surface area contributed by atoms with Gasteiger partial charge in [0.1, 0.15) is 0 Å². The van der Waals surface area contributed by atoms with E-state index in [0.717, 1.165) is 5.56 Å². The highest BCUT2D eigenvalue weighted by atomic mass is 16.3. The Balaban J connectivity index is 2.51. The first-order valence-corrected chi connectivity index (χ1v) is 5.86. The normalized spacial score (nSPS) is 14.1. The first-order chi connectivity index (χ1) is 8.16. The molecule has 0 aromatic heterocycles. The summed E-state index contributed by atoms with van der Waals surface area (Å²) in [6.45, 7) is 2.38. The van der Waals surface area contributed by atoms with Crippen molar-refractivity contribution in [1.29, 1.82) is 0 Å². The predicted molar refractivity (Wildman–Crippen MR) is 67.2 cm³/mol. The minimum absolute atomic E-state index is 0.0743. The molecule has 0 fully saturated rings. The Labute approximate surface area is 102 Å². The van der Waals surface area contributed by atoms with Crippen molar-refractivity contribution in [3.63, 3.8) is 0 Å². The molecule has 0 aliphatic heterocycles. The average molecular weight is 236 g/mol. The highest BCUT2D eigenvalue weighted by Crippen LogP contribution is 2.18.